The van der Waals surface area contributed by atoms with Gasteiger partial charge in [0.15, 0.2) is 0 Å². The normalized spacial score (nSPS) is 18.3. The van der Waals surface area contributed by atoms with Gasteiger partial charge in [-0.25, -0.2) is 0 Å². The summed E-state index contributed by atoms with van der Waals surface area (Å²) in [5, 5.41) is 0. The van der Waals surface area contributed by atoms with Crippen LogP contribution in [0.2, 0.25) is 0 Å². The smallest absolute Gasteiger partial charge is 0.309 e. The van der Waals surface area contributed by atoms with Gasteiger partial charge in [0, 0.05) is 6.16 Å². The summed E-state index contributed by atoms with van der Waals surface area (Å²) >= 11 is 0. The minimum atomic E-state index is -4.09. The molecule has 1 aliphatic rings. The monoisotopic (exact) mass is 474 g/mol. The van der Waals surface area contributed by atoms with Crippen molar-refractivity contribution in [1.29, 1.82) is 0 Å². The number of benzene rings is 1. The molecule has 31 heavy (non-hydrogen) atoms. The molecule has 2 atom stereocenters. The number of aryl methyl sites for hydroxylation is 1. The number of ether oxygens (including phenoxy) is 1. The van der Waals surface area contributed by atoms with Crippen molar-refractivity contribution in [1.82, 2.24) is 0 Å². The quantitative estimate of drug-likeness (QED) is 0.236. The Bertz CT molecular complexity index is 845. The zero-order chi connectivity index (χ0) is 22.9. The third-order valence-corrected chi connectivity index (χ3v) is 9.24. The molecule has 9 heteroatoms. The second-order valence-corrected chi connectivity index (χ2v) is 12.2. The van der Waals surface area contributed by atoms with E-state index in [9.17, 15) is 17.8 Å². The van der Waals surface area contributed by atoms with E-state index in [2.05, 4.69) is 0 Å². The average Bonchev–Trinajstić information content (AvgIpc) is 2.73. The molecule has 0 aliphatic heterocycles. The van der Waals surface area contributed by atoms with Gasteiger partial charge in [-0.2, -0.15) is 8.42 Å². The Kier molecular flexibility index (Phi) is 10.2. The van der Waals surface area contributed by atoms with Crippen LogP contribution in [0, 0.1) is 18.8 Å². The molecule has 0 amide bonds. The predicted molar refractivity (Wildman–Crippen MR) is 120 cm³/mol. The Balaban J connectivity index is 2.13. The first-order chi connectivity index (χ1) is 14.7. The van der Waals surface area contributed by atoms with Crippen molar-refractivity contribution in [2.24, 2.45) is 11.8 Å². The van der Waals surface area contributed by atoms with E-state index in [0.29, 0.717) is 12.3 Å². The van der Waals surface area contributed by atoms with Crippen molar-refractivity contribution in [2.45, 2.75) is 64.2 Å². The first kappa shape index (κ1) is 26.0. The lowest BCUT2D eigenvalue weighted by atomic mass is 9.83. The van der Waals surface area contributed by atoms with E-state index in [4.69, 9.17) is 13.4 Å². The predicted octanol–water partition coefficient (Wildman–Crippen LogP) is 5.12. The van der Waals surface area contributed by atoms with Crippen LogP contribution in [0.3, 0.4) is 0 Å². The molecule has 0 heterocycles. The number of carbonyl (C=O) groups is 1. The van der Waals surface area contributed by atoms with Crippen LogP contribution in [0.1, 0.15) is 57.9 Å². The van der Waals surface area contributed by atoms with Gasteiger partial charge in [0.1, 0.15) is 6.35 Å². The molecular formula is C22H35O7PS. The summed E-state index contributed by atoms with van der Waals surface area (Å²) in [6, 6.07) is 6.22. The van der Waals surface area contributed by atoms with Crippen LogP contribution >= 0.6 is 7.37 Å². The third kappa shape index (κ3) is 8.33. The highest BCUT2D eigenvalue weighted by Crippen LogP contribution is 2.50. The molecule has 1 aromatic carbocycles. The van der Waals surface area contributed by atoms with Crippen molar-refractivity contribution in [3.8, 4) is 0 Å². The van der Waals surface area contributed by atoms with E-state index in [1.165, 1.54) is 18.6 Å². The Morgan fingerprint density at radius 3 is 2.32 bits per heavy atom. The molecule has 0 radical (unpaired) electrons. The number of carbonyl (C=O) groups excluding carboxylic acids is 1. The fraction of sp³-hybridized carbons (Fsp3) is 0.682. The molecule has 0 aromatic heterocycles. The van der Waals surface area contributed by atoms with Gasteiger partial charge in [0.05, 0.1) is 24.0 Å². The van der Waals surface area contributed by atoms with Gasteiger partial charge in [0.25, 0.3) is 10.1 Å². The Hall–Kier alpha value is -1.21. The maximum absolute atomic E-state index is 13.5. The number of hydrogen-bond donors (Lipinski definition) is 0. The molecule has 0 saturated heterocycles. The fourth-order valence-electron chi connectivity index (χ4n) is 3.97. The van der Waals surface area contributed by atoms with Crippen LogP contribution in [-0.2, 0) is 32.9 Å². The molecule has 0 bridgehead atoms. The van der Waals surface area contributed by atoms with Crippen molar-refractivity contribution < 1.29 is 31.2 Å². The highest BCUT2D eigenvalue weighted by molar-refractivity contribution is 7.87. The van der Waals surface area contributed by atoms with Crippen LogP contribution in [0.25, 0.3) is 0 Å². The number of esters is 1. The summed E-state index contributed by atoms with van der Waals surface area (Å²) in [7, 11) is -7.64. The lowest BCUT2D eigenvalue weighted by Gasteiger charge is -2.27. The molecule has 0 N–H and O–H groups in total. The summed E-state index contributed by atoms with van der Waals surface area (Å²) in [6.45, 7) is 5.63. The topological polar surface area (TPSA) is 96.0 Å². The zero-order valence-corrected chi connectivity index (χ0v) is 20.5. The second kappa shape index (κ2) is 12.1. The standard InChI is InChI=1S/C22H35O7PS/c1-4-27-22(23)20(15-19-9-7-6-8-10-19)16-30(24,28-5-2)17-29-31(25,26)21-13-11-18(3)12-14-21/h11-14,19-20H,4-10,15-17H2,1-3H3. The number of hydrogen-bond acceptors (Lipinski definition) is 7. The van der Waals surface area contributed by atoms with Crippen molar-refractivity contribution >= 4 is 23.5 Å². The average molecular weight is 475 g/mol. The first-order valence-corrected chi connectivity index (χ1v) is 14.4. The summed E-state index contributed by atoms with van der Waals surface area (Å²) in [4.78, 5) is 12.6. The van der Waals surface area contributed by atoms with Crippen LogP contribution < -0.4 is 0 Å². The molecule has 1 aliphatic carbocycles. The highest BCUT2D eigenvalue weighted by Gasteiger charge is 2.36. The summed E-state index contributed by atoms with van der Waals surface area (Å²) in [6.07, 6.45) is 5.41. The Labute approximate surface area is 186 Å². The molecule has 7 nitrogen and oxygen atoms in total. The molecule has 176 valence electrons. The molecule has 2 unspecified atom stereocenters. The maximum Gasteiger partial charge on any atom is 0.309 e. The van der Waals surface area contributed by atoms with Gasteiger partial charge >= 0.3 is 5.97 Å². The second-order valence-electron chi connectivity index (χ2n) is 8.12. The minimum Gasteiger partial charge on any atom is -0.466 e. The van der Waals surface area contributed by atoms with Gasteiger partial charge in [-0.05, 0) is 45.2 Å². The number of rotatable bonds is 12. The third-order valence-electron chi connectivity index (χ3n) is 5.54. The van der Waals surface area contributed by atoms with Gasteiger partial charge in [0.2, 0.25) is 7.37 Å². The largest absolute Gasteiger partial charge is 0.466 e. The van der Waals surface area contributed by atoms with E-state index in [1.807, 2.05) is 6.92 Å². The van der Waals surface area contributed by atoms with E-state index in [-0.39, 0.29) is 24.3 Å². The van der Waals surface area contributed by atoms with Crippen molar-refractivity contribution in [3.05, 3.63) is 29.8 Å². The van der Waals surface area contributed by atoms with Gasteiger partial charge < -0.3 is 9.26 Å². The first-order valence-electron chi connectivity index (χ1n) is 11.0. The van der Waals surface area contributed by atoms with Gasteiger partial charge in [-0.3, -0.25) is 13.5 Å². The highest BCUT2D eigenvalue weighted by atomic mass is 32.2. The van der Waals surface area contributed by atoms with Crippen LogP contribution in [0.5, 0.6) is 0 Å². The molecule has 1 saturated carbocycles. The molecule has 0 spiro atoms. The van der Waals surface area contributed by atoms with Crippen molar-refractivity contribution in [3.63, 3.8) is 0 Å². The van der Waals surface area contributed by atoms with Crippen LogP contribution in [0.4, 0.5) is 0 Å². The van der Waals surface area contributed by atoms with Gasteiger partial charge in [-0.1, -0.05) is 49.8 Å². The van der Waals surface area contributed by atoms with Crippen molar-refractivity contribution in [2.75, 3.05) is 25.7 Å². The Morgan fingerprint density at radius 1 is 1.10 bits per heavy atom. The molecule has 1 fully saturated rings. The maximum atomic E-state index is 13.5. The van der Waals surface area contributed by atoms with E-state index in [0.717, 1.165) is 31.2 Å². The molecule has 1 aromatic rings. The van der Waals surface area contributed by atoms with E-state index >= 15 is 0 Å². The van der Waals surface area contributed by atoms with E-state index < -0.39 is 35.7 Å². The fourth-order valence-corrected chi connectivity index (χ4v) is 7.50. The van der Waals surface area contributed by atoms with Gasteiger partial charge in [-0.15, -0.1) is 0 Å². The summed E-state index contributed by atoms with van der Waals surface area (Å²) in [5.74, 6) is -0.643. The molecule has 2 rings (SSSR count). The minimum absolute atomic E-state index is 0.00898. The van der Waals surface area contributed by atoms with Crippen LogP contribution in [-0.4, -0.2) is 40.1 Å². The lowest BCUT2D eigenvalue weighted by Crippen LogP contribution is -2.26. The zero-order valence-electron chi connectivity index (χ0n) is 18.7. The lowest BCUT2D eigenvalue weighted by molar-refractivity contribution is -0.148. The summed E-state index contributed by atoms with van der Waals surface area (Å²) < 4.78 is 54.4. The van der Waals surface area contributed by atoms with E-state index in [1.54, 1.807) is 26.0 Å². The molecular weight excluding hydrogens is 439 g/mol. The van der Waals surface area contributed by atoms with Crippen LogP contribution in [0.15, 0.2) is 29.2 Å². The SMILES string of the molecule is CCOC(=O)C(CC1CCCCC1)CP(=O)(COS(=O)(=O)c1ccc(C)cc1)OCC. The Morgan fingerprint density at radius 2 is 1.74 bits per heavy atom. The summed E-state index contributed by atoms with van der Waals surface area (Å²) in [5.41, 5.74) is 0.916.